The number of hydrazine groups is 1. The van der Waals surface area contributed by atoms with Crippen LogP contribution in [-0.4, -0.2) is 30.0 Å². The lowest BCUT2D eigenvalue weighted by Gasteiger charge is -2.37. The van der Waals surface area contributed by atoms with E-state index in [4.69, 9.17) is 5.84 Å². The zero-order valence-electron chi connectivity index (χ0n) is 11.4. The van der Waals surface area contributed by atoms with Gasteiger partial charge >= 0.3 is 0 Å². The summed E-state index contributed by atoms with van der Waals surface area (Å²) >= 11 is 0. The summed E-state index contributed by atoms with van der Waals surface area (Å²) in [5.74, 6) is 6.52. The Labute approximate surface area is 106 Å². The number of guanidine groups is 1. The molecule has 0 aromatic rings. The molecule has 0 aromatic heterocycles. The lowest BCUT2D eigenvalue weighted by Crippen LogP contribution is -2.51. The third-order valence-electron chi connectivity index (χ3n) is 3.42. The maximum Gasteiger partial charge on any atom is 0.208 e. The Morgan fingerprint density at radius 2 is 2.18 bits per heavy atom. The van der Waals surface area contributed by atoms with Gasteiger partial charge in [0, 0.05) is 19.1 Å². The fraction of sp³-hybridized carbons (Fsp3) is 0.923. The summed E-state index contributed by atoms with van der Waals surface area (Å²) in [5.41, 5.74) is 2.79. The molecule has 1 heterocycles. The van der Waals surface area contributed by atoms with Gasteiger partial charge in [-0.25, -0.2) is 5.84 Å². The Balaban J connectivity index is 2.59. The van der Waals surface area contributed by atoms with Crippen LogP contribution in [0.3, 0.4) is 0 Å². The number of unbranched alkanes of at least 4 members (excludes halogenated alkanes) is 1. The molecular weight excluding hydrogens is 212 g/mol. The third kappa shape index (κ3) is 4.54. The number of hydrogen-bond acceptors (Lipinski definition) is 2. The molecule has 4 heteroatoms. The topological polar surface area (TPSA) is 53.6 Å². The number of rotatable bonds is 5. The predicted molar refractivity (Wildman–Crippen MR) is 73.8 cm³/mol. The van der Waals surface area contributed by atoms with Crippen LogP contribution in [-0.2, 0) is 0 Å². The second-order valence-electron chi connectivity index (χ2n) is 4.83. The van der Waals surface area contributed by atoms with Crippen LogP contribution in [0, 0.1) is 0 Å². The molecule has 1 atom stereocenters. The van der Waals surface area contributed by atoms with Crippen LogP contribution in [0.2, 0.25) is 0 Å². The van der Waals surface area contributed by atoms with Gasteiger partial charge in [0.2, 0.25) is 5.96 Å². The number of aliphatic imine (C=N–C) groups is 1. The zero-order valence-corrected chi connectivity index (χ0v) is 11.4. The Morgan fingerprint density at radius 3 is 2.82 bits per heavy atom. The minimum Gasteiger partial charge on any atom is -0.339 e. The molecule has 0 amide bonds. The number of piperidine rings is 1. The van der Waals surface area contributed by atoms with E-state index in [0.717, 1.165) is 25.5 Å². The summed E-state index contributed by atoms with van der Waals surface area (Å²) in [7, 11) is 0. The average Bonchev–Trinajstić information content (AvgIpc) is 2.36. The molecule has 0 saturated carbocycles. The van der Waals surface area contributed by atoms with Crippen LogP contribution in [0.5, 0.6) is 0 Å². The van der Waals surface area contributed by atoms with Gasteiger partial charge in [0.15, 0.2) is 0 Å². The maximum atomic E-state index is 5.62. The van der Waals surface area contributed by atoms with Crippen LogP contribution >= 0.6 is 0 Å². The van der Waals surface area contributed by atoms with Crippen molar-refractivity contribution in [3.05, 3.63) is 0 Å². The highest BCUT2D eigenvalue weighted by Crippen LogP contribution is 2.20. The highest BCUT2D eigenvalue weighted by molar-refractivity contribution is 5.79. The first-order chi connectivity index (χ1) is 8.33. The molecule has 0 bridgehead atoms. The van der Waals surface area contributed by atoms with E-state index in [1.54, 1.807) is 0 Å². The summed E-state index contributed by atoms with van der Waals surface area (Å²) in [5, 5.41) is 0. The number of nitrogens with one attached hydrogen (secondary N) is 1. The fourth-order valence-electron chi connectivity index (χ4n) is 2.48. The molecule has 0 aliphatic carbocycles. The van der Waals surface area contributed by atoms with Gasteiger partial charge in [0.25, 0.3) is 0 Å². The van der Waals surface area contributed by atoms with Crippen molar-refractivity contribution in [2.24, 2.45) is 10.8 Å². The van der Waals surface area contributed by atoms with Crippen molar-refractivity contribution in [2.75, 3.05) is 13.1 Å². The van der Waals surface area contributed by atoms with Crippen molar-refractivity contribution in [2.45, 2.75) is 64.8 Å². The van der Waals surface area contributed by atoms with E-state index in [1.165, 1.54) is 38.5 Å². The van der Waals surface area contributed by atoms with Gasteiger partial charge in [0.1, 0.15) is 0 Å². The van der Waals surface area contributed by atoms with Crippen molar-refractivity contribution < 1.29 is 0 Å². The zero-order chi connectivity index (χ0) is 12.5. The monoisotopic (exact) mass is 240 g/mol. The molecule has 0 radical (unpaired) electrons. The summed E-state index contributed by atoms with van der Waals surface area (Å²) in [6.45, 7) is 6.41. The molecule has 1 saturated heterocycles. The average molecular weight is 240 g/mol. The van der Waals surface area contributed by atoms with Gasteiger partial charge in [-0.05, 0) is 32.1 Å². The van der Waals surface area contributed by atoms with Gasteiger partial charge in [-0.1, -0.05) is 26.7 Å². The van der Waals surface area contributed by atoms with Gasteiger partial charge in [-0.15, -0.1) is 0 Å². The normalized spacial score (nSPS) is 21.7. The quantitative estimate of drug-likeness (QED) is 0.255. The van der Waals surface area contributed by atoms with E-state index in [9.17, 15) is 0 Å². The van der Waals surface area contributed by atoms with Crippen molar-refractivity contribution >= 4 is 5.96 Å². The van der Waals surface area contributed by atoms with Crippen molar-refractivity contribution in [3.8, 4) is 0 Å². The Hall–Kier alpha value is -0.770. The van der Waals surface area contributed by atoms with Gasteiger partial charge in [-0.3, -0.25) is 10.4 Å². The standard InChI is InChI=1S/C13H28N4/c1-3-5-10-15-13(16-14)17-11-7-6-9-12(17)8-4-2/h12H,3-11,14H2,1-2H3,(H,15,16). The van der Waals surface area contributed by atoms with Gasteiger partial charge < -0.3 is 4.90 Å². The van der Waals surface area contributed by atoms with Gasteiger partial charge in [-0.2, -0.15) is 0 Å². The van der Waals surface area contributed by atoms with E-state index in [-0.39, 0.29) is 0 Å². The lowest BCUT2D eigenvalue weighted by molar-refractivity contribution is 0.221. The van der Waals surface area contributed by atoms with Crippen LogP contribution in [0.4, 0.5) is 0 Å². The molecule has 3 N–H and O–H groups in total. The smallest absolute Gasteiger partial charge is 0.208 e. The Bertz CT molecular complexity index is 225. The first-order valence-electron chi connectivity index (χ1n) is 7.11. The van der Waals surface area contributed by atoms with Gasteiger partial charge in [0.05, 0.1) is 0 Å². The number of hydrogen-bond donors (Lipinski definition) is 2. The summed E-state index contributed by atoms with van der Waals surface area (Å²) in [4.78, 5) is 6.97. The van der Waals surface area contributed by atoms with E-state index in [2.05, 4.69) is 29.2 Å². The second kappa shape index (κ2) is 8.34. The highest BCUT2D eigenvalue weighted by atomic mass is 15.4. The van der Waals surface area contributed by atoms with E-state index >= 15 is 0 Å². The van der Waals surface area contributed by atoms with Crippen LogP contribution < -0.4 is 11.3 Å². The van der Waals surface area contributed by atoms with Crippen LogP contribution in [0.15, 0.2) is 4.99 Å². The molecule has 0 spiro atoms. The molecule has 1 fully saturated rings. The largest absolute Gasteiger partial charge is 0.339 e. The predicted octanol–water partition coefficient (Wildman–Crippen LogP) is 2.26. The molecule has 100 valence electrons. The second-order valence-corrected chi connectivity index (χ2v) is 4.83. The number of nitrogens with two attached hydrogens (primary N) is 1. The summed E-state index contributed by atoms with van der Waals surface area (Å²) < 4.78 is 0. The first-order valence-corrected chi connectivity index (χ1v) is 7.11. The molecule has 1 aliphatic rings. The fourth-order valence-corrected chi connectivity index (χ4v) is 2.48. The molecule has 4 nitrogen and oxygen atoms in total. The maximum absolute atomic E-state index is 5.62. The van der Waals surface area contributed by atoms with E-state index in [1.807, 2.05) is 0 Å². The lowest BCUT2D eigenvalue weighted by atomic mass is 9.99. The van der Waals surface area contributed by atoms with Crippen LogP contribution in [0.25, 0.3) is 0 Å². The molecule has 1 unspecified atom stereocenters. The Morgan fingerprint density at radius 1 is 1.35 bits per heavy atom. The molecule has 0 aromatic carbocycles. The highest BCUT2D eigenvalue weighted by Gasteiger charge is 2.23. The minimum atomic E-state index is 0.630. The van der Waals surface area contributed by atoms with Crippen molar-refractivity contribution in [1.29, 1.82) is 0 Å². The third-order valence-corrected chi connectivity index (χ3v) is 3.42. The molecule has 1 aliphatic heterocycles. The number of likely N-dealkylation sites (tertiary alicyclic amines) is 1. The summed E-state index contributed by atoms with van der Waals surface area (Å²) in [6.07, 6.45) is 8.67. The summed E-state index contributed by atoms with van der Waals surface area (Å²) in [6, 6.07) is 0.630. The first kappa shape index (κ1) is 14.3. The van der Waals surface area contributed by atoms with Crippen molar-refractivity contribution in [1.82, 2.24) is 10.3 Å². The Kier molecular flexibility index (Phi) is 7.01. The minimum absolute atomic E-state index is 0.630. The van der Waals surface area contributed by atoms with E-state index < -0.39 is 0 Å². The molecule has 17 heavy (non-hydrogen) atoms. The van der Waals surface area contributed by atoms with Crippen LogP contribution in [0.1, 0.15) is 58.8 Å². The van der Waals surface area contributed by atoms with Crippen molar-refractivity contribution in [3.63, 3.8) is 0 Å². The molecular formula is C13H28N4. The SMILES string of the molecule is CCCCN=C(NN)N1CCCCC1CCC. The van der Waals surface area contributed by atoms with E-state index in [0.29, 0.717) is 6.04 Å². The number of nitrogens with zero attached hydrogens (tertiary/aromatic N) is 2. The molecule has 1 rings (SSSR count).